The van der Waals surface area contributed by atoms with Crippen molar-refractivity contribution in [2.75, 3.05) is 9.80 Å². The first-order chi connectivity index (χ1) is 29.7. The lowest BCUT2D eigenvalue weighted by atomic mass is 9.90. The van der Waals surface area contributed by atoms with Crippen LogP contribution < -0.4 is 9.80 Å². The maximum Gasteiger partial charge on any atom is 0.0620 e. The lowest BCUT2D eigenvalue weighted by Crippen LogP contribution is -2.14. The van der Waals surface area contributed by atoms with Gasteiger partial charge in [0, 0.05) is 44.3 Å². The molecule has 0 heterocycles. The van der Waals surface area contributed by atoms with Gasteiger partial charge in [-0.15, -0.1) is 0 Å². The SMILES string of the molecule is C=C/C=C\c1ccc(-c2ccc3c(N(c4ccccc4)c4ccccc4)c4cc(-c5ccc6ccccc6c5)ccc4c(N(c4ccccc4)c4ccccc4)c3c2)cc1. The maximum absolute atomic E-state index is 3.85. The fraction of sp³-hybridized carbons (Fsp3) is 0. The number of allylic oxidation sites excluding steroid dienone is 2. The predicted octanol–water partition coefficient (Wildman–Crippen LogP) is 16.6. The molecular formula is C58H42N2. The van der Waals surface area contributed by atoms with Crippen molar-refractivity contribution in [3.8, 4) is 22.3 Å². The summed E-state index contributed by atoms with van der Waals surface area (Å²) in [6, 6.07) is 81.3. The molecule has 0 atom stereocenters. The van der Waals surface area contributed by atoms with E-state index in [9.17, 15) is 0 Å². The summed E-state index contributed by atoms with van der Waals surface area (Å²) in [4.78, 5) is 4.88. The molecule has 284 valence electrons. The van der Waals surface area contributed by atoms with Gasteiger partial charge in [0.1, 0.15) is 0 Å². The van der Waals surface area contributed by atoms with Crippen molar-refractivity contribution in [3.63, 3.8) is 0 Å². The van der Waals surface area contributed by atoms with Crippen molar-refractivity contribution in [2.24, 2.45) is 0 Å². The average Bonchev–Trinajstić information content (AvgIpc) is 3.32. The monoisotopic (exact) mass is 766 g/mol. The Labute approximate surface area is 351 Å². The second kappa shape index (κ2) is 16.1. The summed E-state index contributed by atoms with van der Waals surface area (Å²) in [5, 5.41) is 7.05. The minimum absolute atomic E-state index is 1.09. The Morgan fingerprint density at radius 3 is 1.17 bits per heavy atom. The fourth-order valence-electron chi connectivity index (χ4n) is 8.48. The molecule has 0 fully saturated rings. The number of rotatable bonds is 10. The van der Waals surface area contributed by atoms with Crippen LogP contribution in [0, 0.1) is 0 Å². The lowest BCUT2D eigenvalue weighted by Gasteiger charge is -2.33. The van der Waals surface area contributed by atoms with Gasteiger partial charge in [-0.05, 0) is 105 Å². The van der Waals surface area contributed by atoms with E-state index in [1.807, 2.05) is 12.2 Å². The van der Waals surface area contributed by atoms with Gasteiger partial charge in [0.05, 0.1) is 11.4 Å². The number of benzene rings is 10. The standard InChI is InChI=1S/C58H42N2/c1-2-3-18-42-29-31-44(32-30-42)47-35-37-53-55(40-47)57(59(49-21-8-4-9-22-49)50-23-10-5-11-24-50)54-38-36-48(46-34-33-43-19-16-17-20-45(43)39-46)41-56(54)58(53)60(51-25-12-6-13-26-51)52-27-14-7-15-28-52/h2-41H,1H2/b18-3-. The first-order valence-electron chi connectivity index (χ1n) is 20.5. The third kappa shape index (κ3) is 6.91. The van der Waals surface area contributed by atoms with E-state index < -0.39 is 0 Å². The summed E-state index contributed by atoms with van der Waals surface area (Å²) in [6.45, 7) is 3.85. The van der Waals surface area contributed by atoms with Crippen molar-refractivity contribution in [1.82, 2.24) is 0 Å². The van der Waals surface area contributed by atoms with Gasteiger partial charge >= 0.3 is 0 Å². The Balaban J connectivity index is 1.35. The summed E-state index contributed by atoms with van der Waals surface area (Å²) in [5.41, 5.74) is 12.4. The van der Waals surface area contributed by atoms with E-state index in [0.717, 1.165) is 77.9 Å². The molecule has 0 bridgehead atoms. The molecule has 0 saturated carbocycles. The molecule has 0 radical (unpaired) electrons. The highest BCUT2D eigenvalue weighted by Crippen LogP contribution is 2.52. The molecule has 2 heteroatoms. The number of nitrogens with zero attached hydrogens (tertiary/aromatic N) is 2. The summed E-state index contributed by atoms with van der Waals surface area (Å²) < 4.78 is 0. The van der Waals surface area contributed by atoms with Crippen LogP contribution in [0.5, 0.6) is 0 Å². The van der Waals surface area contributed by atoms with Crippen LogP contribution in [-0.4, -0.2) is 0 Å². The van der Waals surface area contributed by atoms with Crippen molar-refractivity contribution in [3.05, 3.63) is 249 Å². The Morgan fingerprint density at radius 2 is 0.700 bits per heavy atom. The largest absolute Gasteiger partial charge is 0.309 e. The van der Waals surface area contributed by atoms with Gasteiger partial charge in [0.15, 0.2) is 0 Å². The van der Waals surface area contributed by atoms with Gasteiger partial charge in [-0.1, -0.05) is 183 Å². The fourth-order valence-corrected chi connectivity index (χ4v) is 8.48. The molecule has 60 heavy (non-hydrogen) atoms. The quantitative estimate of drug-likeness (QED) is 0.0777. The number of hydrogen-bond donors (Lipinski definition) is 0. The molecular weight excluding hydrogens is 725 g/mol. The van der Waals surface area contributed by atoms with Gasteiger partial charge < -0.3 is 9.80 Å². The van der Waals surface area contributed by atoms with E-state index in [1.54, 1.807) is 0 Å². The highest BCUT2D eigenvalue weighted by atomic mass is 15.2. The van der Waals surface area contributed by atoms with E-state index in [2.05, 4.69) is 247 Å². The Kier molecular flexibility index (Phi) is 9.79. The first-order valence-corrected chi connectivity index (χ1v) is 20.5. The molecule has 10 aromatic carbocycles. The van der Waals surface area contributed by atoms with Crippen LogP contribution in [0.2, 0.25) is 0 Å². The molecule has 0 saturated heterocycles. The van der Waals surface area contributed by atoms with Crippen LogP contribution in [0.1, 0.15) is 5.56 Å². The van der Waals surface area contributed by atoms with Crippen molar-refractivity contribution in [2.45, 2.75) is 0 Å². The van der Waals surface area contributed by atoms with E-state index in [1.165, 1.54) is 16.3 Å². The number of fused-ring (bicyclic) bond motifs is 3. The van der Waals surface area contributed by atoms with Gasteiger partial charge in [0.2, 0.25) is 0 Å². The second-order valence-electron chi connectivity index (χ2n) is 15.0. The third-order valence-corrected chi connectivity index (χ3v) is 11.3. The number of para-hydroxylation sites is 4. The van der Waals surface area contributed by atoms with Crippen LogP contribution in [0.15, 0.2) is 243 Å². The highest BCUT2D eigenvalue weighted by Gasteiger charge is 2.26. The molecule has 10 rings (SSSR count). The Morgan fingerprint density at radius 1 is 0.317 bits per heavy atom. The van der Waals surface area contributed by atoms with Crippen LogP contribution >= 0.6 is 0 Å². The molecule has 0 spiro atoms. The summed E-state index contributed by atoms with van der Waals surface area (Å²) in [5.74, 6) is 0. The van der Waals surface area contributed by atoms with Crippen LogP contribution in [-0.2, 0) is 0 Å². The molecule has 0 aliphatic heterocycles. The molecule has 0 aliphatic rings. The summed E-state index contributed by atoms with van der Waals surface area (Å²) >= 11 is 0. The number of anilines is 6. The maximum atomic E-state index is 3.85. The summed E-state index contributed by atoms with van der Waals surface area (Å²) in [6.07, 6.45) is 5.87. The van der Waals surface area contributed by atoms with E-state index in [4.69, 9.17) is 0 Å². The normalized spacial score (nSPS) is 11.3. The highest BCUT2D eigenvalue weighted by molar-refractivity contribution is 6.24. The molecule has 0 aromatic heterocycles. The molecule has 0 unspecified atom stereocenters. The Bertz CT molecular complexity index is 3060. The van der Waals surface area contributed by atoms with Gasteiger partial charge in [-0.25, -0.2) is 0 Å². The van der Waals surface area contributed by atoms with Gasteiger partial charge in [-0.3, -0.25) is 0 Å². The summed E-state index contributed by atoms with van der Waals surface area (Å²) in [7, 11) is 0. The topological polar surface area (TPSA) is 6.48 Å². The zero-order valence-corrected chi connectivity index (χ0v) is 33.2. The average molecular weight is 767 g/mol. The zero-order chi connectivity index (χ0) is 40.3. The van der Waals surface area contributed by atoms with Crippen molar-refractivity contribution in [1.29, 1.82) is 0 Å². The zero-order valence-electron chi connectivity index (χ0n) is 33.2. The van der Waals surface area contributed by atoms with E-state index >= 15 is 0 Å². The smallest absolute Gasteiger partial charge is 0.0620 e. The third-order valence-electron chi connectivity index (χ3n) is 11.3. The minimum Gasteiger partial charge on any atom is -0.309 e. The molecule has 0 amide bonds. The van der Waals surface area contributed by atoms with Gasteiger partial charge in [-0.2, -0.15) is 0 Å². The van der Waals surface area contributed by atoms with Crippen molar-refractivity contribution < 1.29 is 0 Å². The van der Waals surface area contributed by atoms with Crippen LogP contribution in [0.25, 0.3) is 60.6 Å². The molecule has 0 N–H and O–H groups in total. The molecule has 0 aliphatic carbocycles. The van der Waals surface area contributed by atoms with E-state index in [-0.39, 0.29) is 0 Å². The minimum atomic E-state index is 1.09. The van der Waals surface area contributed by atoms with Crippen molar-refractivity contribution >= 4 is 72.5 Å². The molecule has 10 aromatic rings. The number of hydrogen-bond acceptors (Lipinski definition) is 2. The van der Waals surface area contributed by atoms with E-state index in [0.29, 0.717) is 0 Å². The lowest BCUT2D eigenvalue weighted by molar-refractivity contribution is 1.29. The first kappa shape index (κ1) is 36.4. The van der Waals surface area contributed by atoms with Crippen LogP contribution in [0.4, 0.5) is 34.1 Å². The van der Waals surface area contributed by atoms with Crippen LogP contribution in [0.3, 0.4) is 0 Å². The Hall–Kier alpha value is -7.94. The second-order valence-corrected chi connectivity index (χ2v) is 15.0. The van der Waals surface area contributed by atoms with Gasteiger partial charge in [0.25, 0.3) is 0 Å². The molecule has 2 nitrogen and oxygen atoms in total. The predicted molar refractivity (Wildman–Crippen MR) is 258 cm³/mol.